The van der Waals surface area contributed by atoms with E-state index in [1.54, 1.807) is 0 Å². The molecule has 0 bridgehead atoms. The minimum atomic E-state index is -1.30. The van der Waals surface area contributed by atoms with Crippen LogP contribution in [0.25, 0.3) is 11.6 Å². The van der Waals surface area contributed by atoms with E-state index in [9.17, 15) is 24.1 Å². The van der Waals surface area contributed by atoms with Gasteiger partial charge in [0.05, 0.1) is 26.9 Å². The van der Waals surface area contributed by atoms with Gasteiger partial charge < -0.3 is 5.73 Å². The van der Waals surface area contributed by atoms with Crippen molar-refractivity contribution in [2.75, 3.05) is 0 Å². The highest BCUT2D eigenvalue weighted by molar-refractivity contribution is 7.07. The van der Waals surface area contributed by atoms with Crippen LogP contribution in [0.3, 0.4) is 0 Å². The molecule has 0 saturated carbocycles. The van der Waals surface area contributed by atoms with Crippen molar-refractivity contribution >= 4 is 46.2 Å². The first-order valence-electron chi connectivity index (χ1n) is 8.95. The number of halogens is 4. The van der Waals surface area contributed by atoms with Gasteiger partial charge in [0.25, 0.3) is 5.56 Å². The Morgan fingerprint density at radius 1 is 1.06 bits per heavy atom. The molecule has 1 aliphatic rings. The van der Waals surface area contributed by atoms with Crippen LogP contribution in [-0.2, 0) is 0 Å². The lowest BCUT2D eigenvalue weighted by molar-refractivity contribution is 0.559. The number of allylic oxidation sites excluding steroid dienone is 2. The van der Waals surface area contributed by atoms with Crippen LogP contribution < -0.4 is 20.5 Å². The Morgan fingerprint density at radius 2 is 1.72 bits per heavy atom. The molecule has 0 radical (unpaired) electrons. The molecular weight excluding hydrogens is 477 g/mol. The molecule has 0 saturated heterocycles. The van der Waals surface area contributed by atoms with E-state index in [2.05, 4.69) is 0 Å². The van der Waals surface area contributed by atoms with Crippen LogP contribution in [0.4, 0.5) is 8.78 Å². The maximum atomic E-state index is 14.8. The van der Waals surface area contributed by atoms with Crippen molar-refractivity contribution in [1.29, 1.82) is 10.5 Å². The zero-order valence-corrected chi connectivity index (χ0v) is 18.2. The summed E-state index contributed by atoms with van der Waals surface area (Å²) in [6.45, 7) is 0. The van der Waals surface area contributed by atoms with Gasteiger partial charge in [-0.2, -0.15) is 10.5 Å². The molecule has 0 aliphatic carbocycles. The molecule has 32 heavy (non-hydrogen) atoms. The highest BCUT2D eigenvalue weighted by Gasteiger charge is 2.34. The average molecular weight is 487 g/mol. The molecule has 1 atom stereocenters. The van der Waals surface area contributed by atoms with E-state index in [1.165, 1.54) is 36.4 Å². The van der Waals surface area contributed by atoms with Crippen molar-refractivity contribution in [2.24, 2.45) is 5.73 Å². The number of hydrogen-bond donors (Lipinski definition) is 1. The molecule has 2 heterocycles. The van der Waals surface area contributed by atoms with E-state index in [0.717, 1.165) is 22.0 Å². The summed E-state index contributed by atoms with van der Waals surface area (Å²) in [7, 11) is 0. The molecule has 2 N–H and O–H groups in total. The van der Waals surface area contributed by atoms with Gasteiger partial charge in [-0.05, 0) is 30.3 Å². The highest BCUT2D eigenvalue weighted by atomic mass is 35.5. The fraction of sp³-hybridized carbons (Fsp3) is 0.0455. The Hall–Kier alpha value is -3.43. The van der Waals surface area contributed by atoms with E-state index >= 15 is 0 Å². The van der Waals surface area contributed by atoms with Gasteiger partial charge in [-0.1, -0.05) is 35.3 Å². The van der Waals surface area contributed by atoms with Crippen molar-refractivity contribution in [3.63, 3.8) is 0 Å². The zero-order valence-electron chi connectivity index (χ0n) is 15.9. The molecule has 0 fully saturated rings. The third-order valence-electron chi connectivity index (χ3n) is 4.94. The first-order chi connectivity index (χ1) is 15.3. The first kappa shape index (κ1) is 21.8. The Bertz CT molecular complexity index is 1550. The van der Waals surface area contributed by atoms with E-state index < -0.39 is 23.2 Å². The quantitative estimate of drug-likeness (QED) is 0.600. The van der Waals surface area contributed by atoms with E-state index in [-0.39, 0.29) is 47.2 Å². The highest BCUT2D eigenvalue weighted by Crippen LogP contribution is 2.35. The summed E-state index contributed by atoms with van der Waals surface area (Å²) in [5, 5.41) is 19.5. The monoisotopic (exact) mass is 486 g/mol. The number of nitrogens with zero attached hydrogens (tertiary/aromatic N) is 3. The Kier molecular flexibility index (Phi) is 5.62. The predicted octanol–water partition coefficient (Wildman–Crippen LogP) is 3.34. The lowest BCUT2D eigenvalue weighted by Crippen LogP contribution is -2.40. The molecular formula is C22H10Cl2F2N4OS. The standard InChI is InChI=1S/C22H10Cl2F2N4OS/c23-13-3-1-5-15(25)10(13)7-17-21(31)30-20(18-14(24)4-2-6-16(18)26)11(8-27)19(29)12(9-28)22(30)32-17/h1-7,20H,29H2/t20-/m0/s1. The second kappa shape index (κ2) is 8.25. The predicted molar refractivity (Wildman–Crippen MR) is 118 cm³/mol. The largest absolute Gasteiger partial charge is 0.397 e. The fourth-order valence-corrected chi connectivity index (χ4v) is 5.08. The third kappa shape index (κ3) is 3.30. The second-order valence-corrected chi connectivity index (χ2v) is 8.54. The third-order valence-corrected chi connectivity index (χ3v) is 6.71. The number of nitrogens with two attached hydrogens (primary N) is 1. The van der Waals surface area contributed by atoms with Gasteiger partial charge >= 0.3 is 0 Å². The van der Waals surface area contributed by atoms with Crippen molar-refractivity contribution in [3.8, 4) is 12.1 Å². The van der Waals surface area contributed by atoms with Crippen molar-refractivity contribution < 1.29 is 8.78 Å². The van der Waals surface area contributed by atoms with Crippen LogP contribution in [0.5, 0.6) is 0 Å². The zero-order chi connectivity index (χ0) is 23.2. The van der Waals surface area contributed by atoms with Crippen LogP contribution >= 0.6 is 34.5 Å². The van der Waals surface area contributed by atoms with E-state index in [1.807, 2.05) is 12.1 Å². The summed E-state index contributed by atoms with van der Waals surface area (Å²) >= 11 is 13.2. The van der Waals surface area contributed by atoms with Gasteiger partial charge in [0, 0.05) is 16.1 Å². The smallest absolute Gasteiger partial charge is 0.269 e. The Labute approximate surface area is 193 Å². The molecule has 3 aromatic rings. The lowest BCUT2D eigenvalue weighted by atomic mass is 9.93. The molecule has 10 heteroatoms. The normalized spacial score (nSPS) is 16.0. The molecule has 1 aliphatic heterocycles. The summed E-state index contributed by atoms with van der Waals surface area (Å²) < 4.78 is 30.3. The molecule has 1 aromatic heterocycles. The average Bonchev–Trinajstić information content (AvgIpc) is 3.06. The van der Waals surface area contributed by atoms with E-state index in [0.29, 0.717) is 0 Å². The number of thiazole rings is 1. The summed E-state index contributed by atoms with van der Waals surface area (Å²) in [4.78, 5) is 13.4. The van der Waals surface area contributed by atoms with Crippen LogP contribution in [0.1, 0.15) is 17.2 Å². The van der Waals surface area contributed by atoms with Crippen LogP contribution in [0.15, 0.2) is 52.5 Å². The fourth-order valence-electron chi connectivity index (χ4n) is 3.49. The molecule has 2 aromatic carbocycles. The van der Waals surface area contributed by atoms with Gasteiger partial charge in [0.2, 0.25) is 0 Å². The van der Waals surface area contributed by atoms with Gasteiger partial charge in [-0.3, -0.25) is 9.36 Å². The van der Waals surface area contributed by atoms with Gasteiger partial charge in [-0.15, -0.1) is 11.3 Å². The molecule has 158 valence electrons. The number of aromatic nitrogens is 1. The van der Waals surface area contributed by atoms with Gasteiger partial charge in [-0.25, -0.2) is 8.78 Å². The minimum absolute atomic E-state index is 0.0178. The lowest BCUT2D eigenvalue weighted by Gasteiger charge is -2.24. The van der Waals surface area contributed by atoms with Crippen molar-refractivity contribution in [2.45, 2.75) is 6.04 Å². The summed E-state index contributed by atoms with van der Waals surface area (Å²) in [6.07, 6.45) is 1.24. The molecule has 0 unspecified atom stereocenters. The van der Waals surface area contributed by atoms with Crippen LogP contribution in [-0.4, -0.2) is 4.57 Å². The maximum Gasteiger partial charge on any atom is 0.269 e. The van der Waals surface area contributed by atoms with Crippen molar-refractivity contribution in [1.82, 2.24) is 4.57 Å². The topological polar surface area (TPSA) is 95.6 Å². The summed E-state index contributed by atoms with van der Waals surface area (Å²) in [5.74, 6) is -1.41. The number of hydrogen-bond acceptors (Lipinski definition) is 5. The van der Waals surface area contributed by atoms with Crippen molar-refractivity contribution in [3.05, 3.63) is 100 Å². The number of fused-ring (bicyclic) bond motifs is 1. The molecule has 0 spiro atoms. The Balaban J connectivity index is 2.16. The number of nitriles is 2. The number of benzene rings is 2. The Morgan fingerprint density at radius 3 is 2.31 bits per heavy atom. The van der Waals surface area contributed by atoms with Crippen LogP contribution in [0, 0.1) is 34.3 Å². The molecule has 5 nitrogen and oxygen atoms in total. The SMILES string of the molecule is N#CC1=C(N)C(C#N)=c2sc(=Cc3c(F)cccc3Cl)c(=O)n2[C@@H]1c1c(F)cccc1Cl. The van der Waals surface area contributed by atoms with Gasteiger partial charge in [0.15, 0.2) is 0 Å². The maximum absolute atomic E-state index is 14.8. The van der Waals surface area contributed by atoms with Crippen LogP contribution in [0.2, 0.25) is 10.0 Å². The summed E-state index contributed by atoms with van der Waals surface area (Å²) in [5.41, 5.74) is 4.74. The van der Waals surface area contributed by atoms with E-state index in [4.69, 9.17) is 28.9 Å². The molecule has 0 amide bonds. The number of rotatable bonds is 2. The minimum Gasteiger partial charge on any atom is -0.397 e. The van der Waals surface area contributed by atoms with Gasteiger partial charge in [0.1, 0.15) is 34.0 Å². The second-order valence-electron chi connectivity index (χ2n) is 6.69. The summed E-state index contributed by atoms with van der Waals surface area (Å²) in [6, 6.07) is 10.5. The molecule has 4 rings (SSSR count). The first-order valence-corrected chi connectivity index (χ1v) is 10.5.